The van der Waals surface area contributed by atoms with Crippen molar-refractivity contribution in [1.82, 2.24) is 20.4 Å². The van der Waals surface area contributed by atoms with Crippen LogP contribution in [0.25, 0.3) is 0 Å². The molecule has 1 aliphatic heterocycles. The Balaban J connectivity index is 1.27. The second kappa shape index (κ2) is 8.82. The van der Waals surface area contributed by atoms with Gasteiger partial charge in [0.1, 0.15) is 11.4 Å². The first-order valence-corrected chi connectivity index (χ1v) is 9.92. The topological polar surface area (TPSA) is 85.2 Å². The normalized spacial score (nSPS) is 14.8. The lowest BCUT2D eigenvalue weighted by molar-refractivity contribution is -0.121. The molecule has 0 bridgehead atoms. The van der Waals surface area contributed by atoms with Gasteiger partial charge in [-0.05, 0) is 29.3 Å². The molecule has 4 rings (SSSR count). The Labute approximate surface area is 175 Å². The predicted molar refractivity (Wildman–Crippen MR) is 112 cm³/mol. The van der Waals surface area contributed by atoms with E-state index < -0.39 is 0 Å². The molecule has 2 amide bonds. The molecular weight excluding hydrogens is 380 g/mol. The van der Waals surface area contributed by atoms with Crippen LogP contribution in [0.5, 0.6) is 5.75 Å². The molecule has 3 aromatic rings. The van der Waals surface area contributed by atoms with E-state index in [4.69, 9.17) is 4.74 Å². The minimum absolute atomic E-state index is 0.0142. The molecule has 1 atom stereocenters. The fourth-order valence-corrected chi connectivity index (χ4v) is 3.59. The first kappa shape index (κ1) is 19.7. The monoisotopic (exact) mass is 404 g/mol. The van der Waals surface area contributed by atoms with Gasteiger partial charge in [0.2, 0.25) is 5.91 Å². The zero-order valence-corrected chi connectivity index (χ0v) is 16.8. The van der Waals surface area contributed by atoms with Crippen molar-refractivity contribution >= 4 is 11.8 Å². The van der Waals surface area contributed by atoms with Gasteiger partial charge in [-0.25, -0.2) is 0 Å². The van der Waals surface area contributed by atoms with Crippen molar-refractivity contribution in [3.8, 4) is 5.75 Å². The Kier molecular flexibility index (Phi) is 5.79. The summed E-state index contributed by atoms with van der Waals surface area (Å²) in [4.78, 5) is 24.7. The highest BCUT2D eigenvalue weighted by Gasteiger charge is 2.26. The quantitative estimate of drug-likeness (QED) is 0.632. The number of hydrogen-bond acceptors (Lipinski definition) is 4. The van der Waals surface area contributed by atoms with Gasteiger partial charge in [0.05, 0.1) is 26.1 Å². The minimum Gasteiger partial charge on any atom is -0.497 e. The van der Waals surface area contributed by atoms with E-state index in [0.717, 1.165) is 22.6 Å². The molecule has 1 aliphatic rings. The first-order valence-electron chi connectivity index (χ1n) is 9.92. The third kappa shape index (κ3) is 4.68. The number of aromatic nitrogens is 2. The molecule has 7 heteroatoms. The Hall–Kier alpha value is -3.61. The van der Waals surface area contributed by atoms with Gasteiger partial charge in [-0.3, -0.25) is 14.3 Å². The number of benzene rings is 2. The van der Waals surface area contributed by atoms with E-state index in [9.17, 15) is 9.59 Å². The second-order valence-corrected chi connectivity index (χ2v) is 7.36. The van der Waals surface area contributed by atoms with E-state index >= 15 is 0 Å². The summed E-state index contributed by atoms with van der Waals surface area (Å²) in [5.74, 6) is 0.543. The fraction of sp³-hybridized carbons (Fsp3) is 0.261. The van der Waals surface area contributed by atoms with Crippen LogP contribution in [-0.2, 0) is 30.7 Å². The van der Waals surface area contributed by atoms with Crippen LogP contribution in [0.4, 0.5) is 0 Å². The van der Waals surface area contributed by atoms with Gasteiger partial charge in [0.25, 0.3) is 5.91 Å². The number of nitrogens with one attached hydrogen (secondary N) is 2. The largest absolute Gasteiger partial charge is 0.497 e. The second-order valence-electron chi connectivity index (χ2n) is 7.36. The number of ether oxygens (including phenoxy) is 1. The first-order chi connectivity index (χ1) is 14.6. The molecule has 1 aromatic heterocycles. The molecule has 2 N–H and O–H groups in total. The lowest BCUT2D eigenvalue weighted by atomic mass is 10.1. The van der Waals surface area contributed by atoms with E-state index in [1.165, 1.54) is 0 Å². The molecule has 0 saturated heterocycles. The van der Waals surface area contributed by atoms with Crippen LogP contribution in [0.3, 0.4) is 0 Å². The average molecular weight is 404 g/mol. The van der Waals surface area contributed by atoms with Crippen LogP contribution in [-0.4, -0.2) is 34.7 Å². The number of carbonyl (C=O) groups is 2. The van der Waals surface area contributed by atoms with Gasteiger partial charge in [-0.1, -0.05) is 42.5 Å². The third-order valence-electron chi connectivity index (χ3n) is 5.13. The van der Waals surface area contributed by atoms with Gasteiger partial charge >= 0.3 is 0 Å². The lowest BCUT2D eigenvalue weighted by Gasteiger charge is -2.12. The van der Waals surface area contributed by atoms with Crippen molar-refractivity contribution in [3.63, 3.8) is 0 Å². The van der Waals surface area contributed by atoms with Gasteiger partial charge < -0.3 is 15.4 Å². The van der Waals surface area contributed by atoms with Gasteiger partial charge in [-0.15, -0.1) is 0 Å². The molecule has 2 heterocycles. The van der Waals surface area contributed by atoms with Gasteiger partial charge in [0, 0.05) is 18.7 Å². The number of rotatable bonds is 7. The summed E-state index contributed by atoms with van der Waals surface area (Å²) in [6.07, 6.45) is 0.975. The Morgan fingerprint density at radius 2 is 1.87 bits per heavy atom. The van der Waals surface area contributed by atoms with E-state index in [1.54, 1.807) is 17.9 Å². The van der Waals surface area contributed by atoms with E-state index in [2.05, 4.69) is 15.7 Å². The minimum atomic E-state index is -0.194. The highest BCUT2D eigenvalue weighted by Crippen LogP contribution is 2.17. The maximum absolute atomic E-state index is 12.4. The molecule has 0 aliphatic carbocycles. The maximum Gasteiger partial charge on any atom is 0.272 e. The number of carbonyl (C=O) groups excluding carboxylic acids is 2. The van der Waals surface area contributed by atoms with Crippen molar-refractivity contribution in [1.29, 1.82) is 0 Å². The Morgan fingerprint density at radius 1 is 1.10 bits per heavy atom. The molecule has 1 unspecified atom stereocenters. The van der Waals surface area contributed by atoms with Gasteiger partial charge in [0.15, 0.2) is 0 Å². The molecule has 0 saturated carbocycles. The standard InChI is InChI=1S/C23H24N4O3/c1-30-20-9-7-16(8-10-20)11-22(28)25-18-12-19-13-21(26-27(19)15-18)23(29)24-14-17-5-3-2-4-6-17/h2-10,13,18H,11-12,14-15H2,1H3,(H,24,29)(H,25,28). The van der Waals surface area contributed by atoms with Crippen molar-refractivity contribution in [3.05, 3.63) is 83.2 Å². The van der Waals surface area contributed by atoms with Crippen molar-refractivity contribution in [2.24, 2.45) is 0 Å². The smallest absolute Gasteiger partial charge is 0.272 e. The highest BCUT2D eigenvalue weighted by atomic mass is 16.5. The SMILES string of the molecule is COc1ccc(CC(=O)NC2Cc3cc(C(=O)NCc4ccccc4)nn3C2)cc1. The summed E-state index contributed by atoms with van der Waals surface area (Å²) in [6, 6.07) is 19.0. The zero-order chi connectivity index (χ0) is 20.9. The van der Waals surface area contributed by atoms with E-state index in [1.807, 2.05) is 54.6 Å². The Bertz CT molecular complexity index is 1000. The summed E-state index contributed by atoms with van der Waals surface area (Å²) in [6.45, 7) is 1.03. The summed E-state index contributed by atoms with van der Waals surface area (Å²) in [5, 5.41) is 10.3. The maximum atomic E-state index is 12.4. The molecule has 30 heavy (non-hydrogen) atoms. The van der Waals surface area contributed by atoms with Crippen molar-refractivity contribution < 1.29 is 14.3 Å². The van der Waals surface area contributed by atoms with Crippen LogP contribution in [0, 0.1) is 0 Å². The zero-order valence-electron chi connectivity index (χ0n) is 16.8. The number of methoxy groups -OCH3 is 1. The third-order valence-corrected chi connectivity index (χ3v) is 5.13. The summed E-state index contributed by atoms with van der Waals surface area (Å²) < 4.78 is 6.94. The van der Waals surface area contributed by atoms with Crippen molar-refractivity contribution in [2.75, 3.05) is 7.11 Å². The molecule has 0 radical (unpaired) electrons. The number of hydrogen-bond donors (Lipinski definition) is 2. The summed E-state index contributed by atoms with van der Waals surface area (Å²) in [5.41, 5.74) is 3.33. The van der Waals surface area contributed by atoms with Crippen LogP contribution < -0.4 is 15.4 Å². The lowest BCUT2D eigenvalue weighted by Crippen LogP contribution is -2.37. The molecule has 2 aromatic carbocycles. The molecule has 0 spiro atoms. The predicted octanol–water partition coefficient (Wildman–Crippen LogP) is 2.11. The van der Waals surface area contributed by atoms with Crippen LogP contribution in [0.15, 0.2) is 60.7 Å². The fourth-order valence-electron chi connectivity index (χ4n) is 3.59. The molecule has 154 valence electrons. The summed E-state index contributed by atoms with van der Waals surface area (Å²) in [7, 11) is 1.61. The van der Waals surface area contributed by atoms with Gasteiger partial charge in [-0.2, -0.15) is 5.10 Å². The Morgan fingerprint density at radius 3 is 2.57 bits per heavy atom. The molecular formula is C23H24N4O3. The van der Waals surface area contributed by atoms with E-state index in [0.29, 0.717) is 31.6 Å². The molecule has 0 fully saturated rings. The number of amides is 2. The molecule has 7 nitrogen and oxygen atoms in total. The number of nitrogens with zero attached hydrogens (tertiary/aromatic N) is 2. The summed E-state index contributed by atoms with van der Waals surface area (Å²) >= 11 is 0. The highest BCUT2D eigenvalue weighted by molar-refractivity contribution is 5.92. The van der Waals surface area contributed by atoms with Crippen LogP contribution in [0.1, 0.15) is 27.3 Å². The van der Waals surface area contributed by atoms with Crippen LogP contribution in [0.2, 0.25) is 0 Å². The van der Waals surface area contributed by atoms with Crippen molar-refractivity contribution in [2.45, 2.75) is 32.0 Å². The van der Waals surface area contributed by atoms with Crippen LogP contribution >= 0.6 is 0 Å². The average Bonchev–Trinajstić information content (AvgIpc) is 3.32. The number of fused-ring (bicyclic) bond motifs is 1. The van der Waals surface area contributed by atoms with E-state index in [-0.39, 0.29) is 17.9 Å².